The summed E-state index contributed by atoms with van der Waals surface area (Å²) in [6, 6.07) is 14.0. The van der Waals surface area contributed by atoms with Gasteiger partial charge in [-0.25, -0.2) is 0 Å². The number of hydrogen-bond donors (Lipinski definition) is 2. The molecule has 2 rings (SSSR count). The van der Waals surface area contributed by atoms with E-state index in [4.69, 9.17) is 14.2 Å². The molecule has 1 atom stereocenters. The van der Waals surface area contributed by atoms with Crippen LogP contribution in [0, 0.1) is 0 Å². The standard InChI is InChI=1S/C20H27N3O3/c1-14(15-9-7-6-8-10-15)23-20(21-2)22-13-17-18(25-4)11-16(24-3)12-19(17)26-5/h6-12,14H,13H2,1-5H3,(H2,21,22,23). The van der Waals surface area contributed by atoms with Gasteiger partial charge in [-0.3, -0.25) is 4.99 Å². The number of nitrogens with zero attached hydrogens (tertiary/aromatic N) is 1. The highest BCUT2D eigenvalue weighted by atomic mass is 16.5. The molecule has 0 aliphatic rings. The highest BCUT2D eigenvalue weighted by Gasteiger charge is 2.14. The number of ether oxygens (including phenoxy) is 3. The van der Waals surface area contributed by atoms with Crippen LogP contribution < -0.4 is 24.8 Å². The van der Waals surface area contributed by atoms with Gasteiger partial charge in [-0.15, -0.1) is 0 Å². The first-order valence-corrected chi connectivity index (χ1v) is 8.44. The average Bonchev–Trinajstić information content (AvgIpc) is 2.70. The molecule has 0 saturated heterocycles. The van der Waals surface area contributed by atoms with E-state index < -0.39 is 0 Å². The van der Waals surface area contributed by atoms with Crippen LogP contribution in [0.5, 0.6) is 17.2 Å². The van der Waals surface area contributed by atoms with Crippen LogP contribution in [0.25, 0.3) is 0 Å². The quantitative estimate of drug-likeness (QED) is 0.589. The lowest BCUT2D eigenvalue weighted by Crippen LogP contribution is -2.38. The molecule has 0 aliphatic carbocycles. The van der Waals surface area contributed by atoms with Crippen molar-refractivity contribution in [1.82, 2.24) is 10.6 Å². The third-order valence-corrected chi connectivity index (χ3v) is 4.13. The van der Waals surface area contributed by atoms with Crippen LogP contribution in [-0.2, 0) is 6.54 Å². The summed E-state index contributed by atoms with van der Waals surface area (Å²) < 4.78 is 16.3. The molecule has 0 radical (unpaired) electrons. The van der Waals surface area contributed by atoms with E-state index in [0.29, 0.717) is 29.8 Å². The van der Waals surface area contributed by atoms with Crippen molar-refractivity contribution >= 4 is 5.96 Å². The summed E-state index contributed by atoms with van der Waals surface area (Å²) in [4.78, 5) is 4.30. The second-order valence-electron chi connectivity index (χ2n) is 5.71. The lowest BCUT2D eigenvalue weighted by atomic mass is 10.1. The Labute approximate surface area is 155 Å². The maximum Gasteiger partial charge on any atom is 0.191 e. The minimum Gasteiger partial charge on any atom is -0.496 e. The highest BCUT2D eigenvalue weighted by molar-refractivity contribution is 5.80. The monoisotopic (exact) mass is 357 g/mol. The van der Waals surface area contributed by atoms with Gasteiger partial charge in [-0.2, -0.15) is 0 Å². The van der Waals surface area contributed by atoms with Crippen LogP contribution in [0.15, 0.2) is 47.5 Å². The van der Waals surface area contributed by atoms with E-state index in [-0.39, 0.29) is 6.04 Å². The van der Waals surface area contributed by atoms with Crippen molar-refractivity contribution in [2.75, 3.05) is 28.4 Å². The summed E-state index contributed by atoms with van der Waals surface area (Å²) in [6.45, 7) is 2.59. The van der Waals surface area contributed by atoms with Gasteiger partial charge in [0.15, 0.2) is 5.96 Å². The summed E-state index contributed by atoms with van der Waals surface area (Å²) in [5.41, 5.74) is 2.08. The minimum absolute atomic E-state index is 0.127. The van der Waals surface area contributed by atoms with E-state index in [0.717, 1.165) is 5.56 Å². The zero-order chi connectivity index (χ0) is 18.9. The number of benzene rings is 2. The molecule has 0 spiro atoms. The first-order valence-electron chi connectivity index (χ1n) is 8.44. The van der Waals surface area contributed by atoms with Gasteiger partial charge >= 0.3 is 0 Å². The lowest BCUT2D eigenvalue weighted by molar-refractivity contribution is 0.368. The Balaban J connectivity index is 2.11. The summed E-state index contributed by atoms with van der Waals surface area (Å²) in [6.07, 6.45) is 0. The fourth-order valence-electron chi connectivity index (χ4n) is 2.65. The smallest absolute Gasteiger partial charge is 0.191 e. The molecule has 0 aromatic heterocycles. The van der Waals surface area contributed by atoms with Crippen molar-refractivity contribution in [3.63, 3.8) is 0 Å². The Morgan fingerprint density at radius 3 is 2.12 bits per heavy atom. The Hall–Kier alpha value is -2.89. The molecule has 6 nitrogen and oxygen atoms in total. The lowest BCUT2D eigenvalue weighted by Gasteiger charge is -2.20. The third kappa shape index (κ3) is 4.81. The van der Waals surface area contributed by atoms with Gasteiger partial charge in [0.05, 0.1) is 39.5 Å². The number of rotatable bonds is 7. The molecule has 140 valence electrons. The van der Waals surface area contributed by atoms with Crippen molar-refractivity contribution < 1.29 is 14.2 Å². The first kappa shape index (κ1) is 19.4. The minimum atomic E-state index is 0.127. The molecule has 2 N–H and O–H groups in total. The Kier molecular flexibility index (Phi) is 7.14. The van der Waals surface area contributed by atoms with Gasteiger partial charge in [-0.1, -0.05) is 30.3 Å². The van der Waals surface area contributed by atoms with Crippen LogP contribution in [-0.4, -0.2) is 34.3 Å². The van der Waals surface area contributed by atoms with Crippen molar-refractivity contribution in [3.05, 3.63) is 53.6 Å². The van der Waals surface area contributed by atoms with E-state index in [9.17, 15) is 0 Å². The Morgan fingerprint density at radius 1 is 1.00 bits per heavy atom. The van der Waals surface area contributed by atoms with Crippen LogP contribution in [0.3, 0.4) is 0 Å². The number of hydrogen-bond acceptors (Lipinski definition) is 4. The van der Waals surface area contributed by atoms with Crippen molar-refractivity contribution in [2.24, 2.45) is 4.99 Å². The topological polar surface area (TPSA) is 64.1 Å². The molecule has 1 unspecified atom stereocenters. The predicted molar refractivity (Wildman–Crippen MR) is 104 cm³/mol. The van der Waals surface area contributed by atoms with Crippen molar-refractivity contribution in [1.29, 1.82) is 0 Å². The van der Waals surface area contributed by atoms with Gasteiger partial charge in [-0.05, 0) is 12.5 Å². The van der Waals surface area contributed by atoms with Gasteiger partial charge < -0.3 is 24.8 Å². The van der Waals surface area contributed by atoms with E-state index in [1.54, 1.807) is 28.4 Å². The van der Waals surface area contributed by atoms with E-state index in [1.807, 2.05) is 30.3 Å². The molecule has 0 bridgehead atoms. The maximum atomic E-state index is 5.49. The van der Waals surface area contributed by atoms with Crippen molar-refractivity contribution in [3.8, 4) is 17.2 Å². The molecule has 0 heterocycles. The zero-order valence-electron chi connectivity index (χ0n) is 16.0. The number of aliphatic imine (C=N–C) groups is 1. The molecule has 26 heavy (non-hydrogen) atoms. The number of nitrogens with one attached hydrogen (secondary N) is 2. The normalized spacial score (nSPS) is 12.3. The van der Waals surface area contributed by atoms with E-state index >= 15 is 0 Å². The predicted octanol–water partition coefficient (Wildman–Crippen LogP) is 3.14. The van der Waals surface area contributed by atoms with Gasteiger partial charge in [0.1, 0.15) is 17.2 Å². The fraction of sp³-hybridized carbons (Fsp3) is 0.350. The largest absolute Gasteiger partial charge is 0.496 e. The molecule has 0 saturated carbocycles. The van der Waals surface area contributed by atoms with Crippen LogP contribution in [0.1, 0.15) is 24.1 Å². The maximum absolute atomic E-state index is 5.49. The van der Waals surface area contributed by atoms with Gasteiger partial charge in [0, 0.05) is 19.2 Å². The first-order chi connectivity index (χ1) is 12.6. The van der Waals surface area contributed by atoms with E-state index in [2.05, 4.69) is 34.7 Å². The Bertz CT molecular complexity index is 707. The Morgan fingerprint density at radius 2 is 1.62 bits per heavy atom. The molecule has 0 amide bonds. The van der Waals surface area contributed by atoms with Gasteiger partial charge in [0.2, 0.25) is 0 Å². The molecular weight excluding hydrogens is 330 g/mol. The third-order valence-electron chi connectivity index (χ3n) is 4.13. The second kappa shape index (κ2) is 9.56. The second-order valence-corrected chi connectivity index (χ2v) is 5.71. The summed E-state index contributed by atoms with van der Waals surface area (Å²) in [7, 11) is 6.61. The zero-order valence-corrected chi connectivity index (χ0v) is 16.0. The molecule has 2 aromatic rings. The van der Waals surface area contributed by atoms with Crippen LogP contribution in [0.4, 0.5) is 0 Å². The summed E-state index contributed by atoms with van der Waals surface area (Å²) in [5, 5.41) is 6.69. The number of guanidine groups is 1. The summed E-state index contributed by atoms with van der Waals surface area (Å²) in [5.74, 6) is 2.77. The molecule has 0 aliphatic heterocycles. The SMILES string of the molecule is CN=C(NCc1c(OC)cc(OC)cc1OC)NC(C)c1ccccc1. The number of methoxy groups -OCH3 is 3. The molecule has 2 aromatic carbocycles. The highest BCUT2D eigenvalue weighted by Crippen LogP contribution is 2.33. The molecular formula is C20H27N3O3. The van der Waals surface area contributed by atoms with Crippen LogP contribution in [0.2, 0.25) is 0 Å². The average molecular weight is 357 g/mol. The van der Waals surface area contributed by atoms with Crippen LogP contribution >= 0.6 is 0 Å². The van der Waals surface area contributed by atoms with Gasteiger partial charge in [0.25, 0.3) is 0 Å². The van der Waals surface area contributed by atoms with E-state index in [1.165, 1.54) is 5.56 Å². The molecule has 0 fully saturated rings. The fourth-order valence-corrected chi connectivity index (χ4v) is 2.65. The van der Waals surface area contributed by atoms with Crippen molar-refractivity contribution in [2.45, 2.75) is 19.5 Å². The summed E-state index contributed by atoms with van der Waals surface area (Å²) >= 11 is 0. The molecule has 6 heteroatoms.